The summed E-state index contributed by atoms with van der Waals surface area (Å²) >= 11 is 0. The largest absolute Gasteiger partial charge is 0.381 e. The van der Waals surface area contributed by atoms with Crippen molar-refractivity contribution in [3.63, 3.8) is 0 Å². The second-order valence-corrected chi connectivity index (χ2v) is 9.75. The Bertz CT molecular complexity index is 1390. The lowest BCUT2D eigenvalue weighted by molar-refractivity contribution is 0.229. The molecule has 4 heterocycles. The van der Waals surface area contributed by atoms with Crippen LogP contribution in [-0.4, -0.2) is 55.1 Å². The zero-order chi connectivity index (χ0) is 26.1. The summed E-state index contributed by atoms with van der Waals surface area (Å²) in [6.45, 7) is 11.3. The van der Waals surface area contributed by atoms with Crippen LogP contribution in [0.3, 0.4) is 0 Å². The molecule has 4 aromatic rings. The first-order valence-corrected chi connectivity index (χ1v) is 12.7. The maximum Gasteiger partial charge on any atom is 0.229 e. The first-order chi connectivity index (χ1) is 17.8. The second-order valence-electron chi connectivity index (χ2n) is 9.75. The second kappa shape index (κ2) is 10.4. The number of anilines is 3. The van der Waals surface area contributed by atoms with Gasteiger partial charge < -0.3 is 20.1 Å². The third kappa shape index (κ3) is 5.24. The number of piperidine rings is 1. The van der Waals surface area contributed by atoms with E-state index in [4.69, 9.17) is 0 Å². The van der Waals surface area contributed by atoms with Gasteiger partial charge in [0.15, 0.2) is 11.6 Å². The van der Waals surface area contributed by atoms with E-state index in [0.717, 1.165) is 44.4 Å². The van der Waals surface area contributed by atoms with Crippen molar-refractivity contribution in [1.82, 2.24) is 29.4 Å². The Morgan fingerprint density at radius 2 is 1.81 bits per heavy atom. The molecule has 0 spiro atoms. The van der Waals surface area contributed by atoms with Gasteiger partial charge in [0.25, 0.3) is 0 Å². The van der Waals surface area contributed by atoms with Crippen LogP contribution in [0.5, 0.6) is 0 Å². The van der Waals surface area contributed by atoms with Gasteiger partial charge in [0, 0.05) is 30.7 Å². The van der Waals surface area contributed by atoms with Gasteiger partial charge in [0.2, 0.25) is 5.95 Å². The topological polar surface area (TPSA) is 83.8 Å². The fourth-order valence-corrected chi connectivity index (χ4v) is 4.98. The van der Waals surface area contributed by atoms with E-state index in [1.807, 2.05) is 37.5 Å². The average Bonchev–Trinajstić information content (AvgIpc) is 3.23. The van der Waals surface area contributed by atoms with Crippen LogP contribution in [-0.2, 0) is 0 Å². The van der Waals surface area contributed by atoms with E-state index >= 15 is 0 Å². The Hall–Kier alpha value is -3.66. The van der Waals surface area contributed by atoms with Gasteiger partial charge in [0.1, 0.15) is 22.9 Å². The van der Waals surface area contributed by atoms with Crippen molar-refractivity contribution in [1.29, 1.82) is 0 Å². The number of nitrogens with zero attached hydrogens (tertiary/aromatic N) is 6. The number of benzene rings is 1. The number of hydrogen-bond acceptors (Lipinski definition) is 7. The highest BCUT2D eigenvalue weighted by atomic mass is 19.1. The summed E-state index contributed by atoms with van der Waals surface area (Å²) in [4.78, 5) is 19.7. The molecule has 0 bridgehead atoms. The van der Waals surface area contributed by atoms with Gasteiger partial charge in [-0.2, -0.15) is 0 Å². The number of aryl methyl sites for hydroxylation is 1. The Labute approximate surface area is 215 Å². The highest BCUT2D eigenvalue weighted by Gasteiger charge is 2.19. The smallest absolute Gasteiger partial charge is 0.229 e. The third-order valence-electron chi connectivity index (χ3n) is 6.87. The lowest BCUT2D eigenvalue weighted by atomic mass is 10.0. The summed E-state index contributed by atoms with van der Waals surface area (Å²) < 4.78 is 31.6. The van der Waals surface area contributed by atoms with Crippen molar-refractivity contribution >= 4 is 28.5 Å². The van der Waals surface area contributed by atoms with Crippen LogP contribution < -0.4 is 10.6 Å². The van der Waals surface area contributed by atoms with Crippen LogP contribution in [0.25, 0.3) is 22.3 Å². The zero-order valence-electron chi connectivity index (χ0n) is 21.6. The Morgan fingerprint density at radius 3 is 2.49 bits per heavy atom. The number of hydrogen-bond donors (Lipinski definition) is 2. The Balaban J connectivity index is 1.35. The number of nitrogens with one attached hydrogen (secondary N) is 2. The molecule has 1 fully saturated rings. The molecule has 0 unspecified atom stereocenters. The van der Waals surface area contributed by atoms with E-state index < -0.39 is 11.6 Å². The molecule has 1 aromatic carbocycles. The summed E-state index contributed by atoms with van der Waals surface area (Å²) in [5.74, 6) is 0.234. The number of pyridine rings is 1. The van der Waals surface area contributed by atoms with Crippen molar-refractivity contribution in [2.75, 3.05) is 30.3 Å². The maximum atomic E-state index is 14.9. The maximum absolute atomic E-state index is 14.9. The molecule has 0 aliphatic carbocycles. The fourth-order valence-electron chi connectivity index (χ4n) is 4.98. The predicted octanol–water partition coefficient (Wildman–Crippen LogP) is 5.70. The Kier molecular flexibility index (Phi) is 7.01. The van der Waals surface area contributed by atoms with E-state index in [-0.39, 0.29) is 23.2 Å². The van der Waals surface area contributed by atoms with Crippen LogP contribution >= 0.6 is 0 Å². The molecule has 0 saturated carbocycles. The normalized spacial score (nSPS) is 15.0. The van der Waals surface area contributed by atoms with Gasteiger partial charge in [-0.15, -0.1) is 0 Å². The first kappa shape index (κ1) is 25.0. The quantitative estimate of drug-likeness (QED) is 0.333. The average molecular weight is 507 g/mol. The zero-order valence-corrected chi connectivity index (χ0v) is 21.6. The number of rotatable bonds is 7. The van der Waals surface area contributed by atoms with E-state index in [1.165, 1.54) is 6.07 Å². The number of imidazole rings is 1. The van der Waals surface area contributed by atoms with Gasteiger partial charge >= 0.3 is 0 Å². The minimum absolute atomic E-state index is 0.00386. The molecule has 194 valence electrons. The molecule has 0 atom stereocenters. The van der Waals surface area contributed by atoms with Crippen LogP contribution in [0.1, 0.15) is 45.5 Å². The molecule has 5 rings (SSSR count). The van der Waals surface area contributed by atoms with Crippen LogP contribution in [0.2, 0.25) is 0 Å². The Morgan fingerprint density at radius 1 is 1.03 bits per heavy atom. The number of aromatic nitrogens is 5. The van der Waals surface area contributed by atoms with E-state index in [9.17, 15) is 8.78 Å². The van der Waals surface area contributed by atoms with Crippen LogP contribution in [0.15, 0.2) is 36.7 Å². The molecule has 1 aliphatic heterocycles. The highest BCUT2D eigenvalue weighted by Crippen LogP contribution is 2.30. The van der Waals surface area contributed by atoms with E-state index in [1.54, 1.807) is 12.3 Å². The summed E-state index contributed by atoms with van der Waals surface area (Å²) in [5, 5.41) is 6.57. The van der Waals surface area contributed by atoms with Gasteiger partial charge in [-0.3, -0.25) is 0 Å². The summed E-state index contributed by atoms with van der Waals surface area (Å²) in [5.41, 5.74) is 2.12. The molecule has 0 amide bonds. The molecule has 8 nitrogen and oxygen atoms in total. The molecular formula is C27H32F2N8. The van der Waals surface area contributed by atoms with Crippen molar-refractivity contribution in [3.05, 3.63) is 54.1 Å². The molecule has 2 N–H and O–H groups in total. The minimum Gasteiger partial charge on any atom is -0.381 e. The number of halogens is 2. The van der Waals surface area contributed by atoms with E-state index in [2.05, 4.69) is 42.4 Å². The lowest BCUT2D eigenvalue weighted by Gasteiger charge is -2.31. The monoisotopic (exact) mass is 506 g/mol. The summed E-state index contributed by atoms with van der Waals surface area (Å²) in [6, 6.07) is 7.26. The van der Waals surface area contributed by atoms with Gasteiger partial charge in [0.05, 0.1) is 23.6 Å². The molecule has 0 radical (unpaired) electrons. The van der Waals surface area contributed by atoms with Gasteiger partial charge in [-0.25, -0.2) is 28.7 Å². The van der Waals surface area contributed by atoms with Crippen molar-refractivity contribution < 1.29 is 8.78 Å². The van der Waals surface area contributed by atoms with Crippen molar-refractivity contribution in [2.24, 2.45) is 0 Å². The minimum atomic E-state index is -0.640. The van der Waals surface area contributed by atoms with Crippen molar-refractivity contribution in [3.8, 4) is 11.3 Å². The highest BCUT2D eigenvalue weighted by molar-refractivity contribution is 5.83. The lowest BCUT2D eigenvalue weighted by Crippen LogP contribution is -2.38. The van der Waals surface area contributed by atoms with Gasteiger partial charge in [-0.1, -0.05) is 6.92 Å². The molecule has 37 heavy (non-hydrogen) atoms. The molecule has 1 saturated heterocycles. The van der Waals surface area contributed by atoms with Crippen molar-refractivity contribution in [2.45, 2.75) is 52.6 Å². The predicted molar refractivity (Wildman–Crippen MR) is 142 cm³/mol. The number of likely N-dealkylation sites (tertiary alicyclic amines) is 1. The molecular weight excluding hydrogens is 474 g/mol. The van der Waals surface area contributed by atoms with Crippen LogP contribution in [0, 0.1) is 18.6 Å². The number of fused-ring (bicyclic) bond motifs is 1. The third-order valence-corrected chi connectivity index (χ3v) is 6.87. The molecule has 1 aliphatic rings. The summed E-state index contributed by atoms with van der Waals surface area (Å²) in [7, 11) is 0. The first-order valence-electron chi connectivity index (χ1n) is 12.7. The van der Waals surface area contributed by atoms with Crippen LogP contribution in [0.4, 0.5) is 26.2 Å². The van der Waals surface area contributed by atoms with E-state index in [0.29, 0.717) is 28.8 Å². The standard InChI is InChI=1S/C27H32F2N8/c1-5-36-10-8-19(9-11-36)33-20-6-7-24(30-14-20)34-27-31-15-22(29)25(35-27)18-12-21(28)26-23(13-18)37(16(2)3)17(4)32-26/h6-7,12-16,19,33H,5,8-11H2,1-4H3,(H,30,31,34,35). The summed E-state index contributed by atoms with van der Waals surface area (Å²) in [6.07, 6.45) is 5.04. The fraction of sp³-hybridized carbons (Fsp3) is 0.407. The molecule has 10 heteroatoms. The van der Waals surface area contributed by atoms with Gasteiger partial charge in [-0.05, 0) is 64.4 Å². The SMILES string of the molecule is CCN1CCC(Nc2ccc(Nc3ncc(F)c(-c4cc(F)c5nc(C)n(C(C)C)c5c4)n3)nc2)CC1. The molecule has 3 aromatic heterocycles.